The van der Waals surface area contributed by atoms with Gasteiger partial charge in [-0.2, -0.15) is 5.10 Å². The summed E-state index contributed by atoms with van der Waals surface area (Å²) in [6, 6.07) is 15.1. The molecule has 0 spiro atoms. The number of halogens is 2. The normalized spacial score (nSPS) is 10.6. The summed E-state index contributed by atoms with van der Waals surface area (Å²) in [7, 11) is 0. The number of aromatic nitrogens is 3. The predicted octanol–water partition coefficient (Wildman–Crippen LogP) is 4.24. The molecule has 0 unspecified atom stereocenters. The van der Waals surface area contributed by atoms with Gasteiger partial charge in [-0.3, -0.25) is 0 Å². The van der Waals surface area contributed by atoms with Crippen LogP contribution >= 0.6 is 23.2 Å². The Morgan fingerprint density at radius 3 is 2.47 bits per heavy atom. The van der Waals surface area contributed by atoms with Gasteiger partial charge < -0.3 is 0 Å². The van der Waals surface area contributed by atoms with Crippen molar-refractivity contribution in [3.05, 3.63) is 64.9 Å². The molecule has 0 radical (unpaired) electrons. The van der Waals surface area contributed by atoms with E-state index in [0.29, 0.717) is 10.0 Å². The molecule has 0 bridgehead atoms. The van der Waals surface area contributed by atoms with Crippen LogP contribution in [0.2, 0.25) is 10.0 Å². The third-order valence-electron chi connectivity index (χ3n) is 2.72. The van der Waals surface area contributed by atoms with Crippen LogP contribution in [0.1, 0.15) is 0 Å². The highest BCUT2D eigenvalue weighted by Crippen LogP contribution is 2.27. The standard InChI is InChI=1S/C14H9Cl2N3/c15-11-6-7-13(12(16)8-11)19-14(17-9-18-19)10-4-2-1-3-5-10/h1-9H. The molecule has 0 fully saturated rings. The van der Waals surface area contributed by atoms with E-state index < -0.39 is 0 Å². The molecule has 0 saturated heterocycles. The fourth-order valence-corrected chi connectivity index (χ4v) is 2.34. The minimum absolute atomic E-state index is 0.537. The van der Waals surface area contributed by atoms with Gasteiger partial charge in [0.1, 0.15) is 6.33 Å². The van der Waals surface area contributed by atoms with Crippen molar-refractivity contribution in [2.45, 2.75) is 0 Å². The van der Waals surface area contributed by atoms with Gasteiger partial charge in [-0.1, -0.05) is 53.5 Å². The van der Waals surface area contributed by atoms with Gasteiger partial charge in [0.05, 0.1) is 10.7 Å². The summed E-state index contributed by atoms with van der Waals surface area (Å²) in [4.78, 5) is 4.29. The Balaban J connectivity index is 2.15. The summed E-state index contributed by atoms with van der Waals surface area (Å²) in [5, 5.41) is 5.36. The molecule has 94 valence electrons. The lowest BCUT2D eigenvalue weighted by molar-refractivity contribution is 0.887. The Morgan fingerprint density at radius 2 is 1.74 bits per heavy atom. The molecule has 0 aliphatic heterocycles. The Morgan fingerprint density at radius 1 is 0.947 bits per heavy atom. The average Bonchev–Trinajstić information content (AvgIpc) is 2.89. The van der Waals surface area contributed by atoms with Crippen molar-refractivity contribution in [3.63, 3.8) is 0 Å². The molecular formula is C14H9Cl2N3. The second-order valence-corrected chi connectivity index (χ2v) is 4.80. The molecule has 1 aromatic heterocycles. The lowest BCUT2D eigenvalue weighted by Gasteiger charge is -2.08. The maximum atomic E-state index is 6.21. The van der Waals surface area contributed by atoms with Crippen molar-refractivity contribution in [1.29, 1.82) is 0 Å². The molecule has 3 nitrogen and oxygen atoms in total. The maximum Gasteiger partial charge on any atom is 0.163 e. The van der Waals surface area contributed by atoms with Crippen LogP contribution in [0.4, 0.5) is 0 Å². The van der Waals surface area contributed by atoms with E-state index in [1.165, 1.54) is 6.33 Å². The largest absolute Gasteiger partial charge is 0.215 e. The molecule has 0 saturated carbocycles. The fourth-order valence-electron chi connectivity index (χ4n) is 1.85. The summed E-state index contributed by atoms with van der Waals surface area (Å²) in [5.74, 6) is 0.741. The van der Waals surface area contributed by atoms with Crippen LogP contribution in [0.3, 0.4) is 0 Å². The molecule has 5 heteroatoms. The van der Waals surface area contributed by atoms with Crippen LogP contribution in [-0.2, 0) is 0 Å². The SMILES string of the molecule is Clc1ccc(-n2ncnc2-c2ccccc2)c(Cl)c1. The van der Waals surface area contributed by atoms with Gasteiger partial charge in [0, 0.05) is 10.6 Å². The van der Waals surface area contributed by atoms with Crippen molar-refractivity contribution < 1.29 is 0 Å². The highest BCUT2D eigenvalue weighted by molar-refractivity contribution is 6.35. The zero-order valence-electron chi connectivity index (χ0n) is 9.79. The molecule has 0 aliphatic rings. The highest BCUT2D eigenvalue weighted by Gasteiger charge is 2.11. The smallest absolute Gasteiger partial charge is 0.163 e. The first-order chi connectivity index (χ1) is 9.25. The van der Waals surface area contributed by atoms with Crippen molar-refractivity contribution in [2.24, 2.45) is 0 Å². The first kappa shape index (κ1) is 12.2. The van der Waals surface area contributed by atoms with Crippen molar-refractivity contribution >= 4 is 23.2 Å². The Kier molecular flexibility index (Phi) is 3.23. The summed E-state index contributed by atoms with van der Waals surface area (Å²) >= 11 is 12.1. The molecule has 3 rings (SSSR count). The summed E-state index contributed by atoms with van der Waals surface area (Å²) in [5.41, 5.74) is 1.73. The van der Waals surface area contributed by atoms with E-state index in [1.54, 1.807) is 16.8 Å². The summed E-state index contributed by atoms with van der Waals surface area (Å²) in [6.45, 7) is 0. The maximum absolute atomic E-state index is 6.21. The van der Waals surface area contributed by atoms with Gasteiger partial charge >= 0.3 is 0 Å². The molecule has 3 aromatic rings. The second kappa shape index (κ2) is 5.03. The van der Waals surface area contributed by atoms with Crippen LogP contribution in [-0.4, -0.2) is 14.8 Å². The van der Waals surface area contributed by atoms with E-state index in [0.717, 1.165) is 17.1 Å². The zero-order chi connectivity index (χ0) is 13.2. The number of nitrogens with zero attached hydrogens (tertiary/aromatic N) is 3. The topological polar surface area (TPSA) is 30.7 Å². The summed E-state index contributed by atoms with van der Waals surface area (Å²) in [6.07, 6.45) is 1.51. The van der Waals surface area contributed by atoms with E-state index in [2.05, 4.69) is 10.1 Å². The van der Waals surface area contributed by atoms with Crippen LogP contribution in [0.15, 0.2) is 54.9 Å². The van der Waals surface area contributed by atoms with Crippen LogP contribution in [0.5, 0.6) is 0 Å². The molecule has 0 aliphatic carbocycles. The Hall–Kier alpha value is -1.84. The van der Waals surface area contributed by atoms with Gasteiger partial charge in [-0.15, -0.1) is 0 Å². The van der Waals surface area contributed by atoms with Gasteiger partial charge in [-0.25, -0.2) is 9.67 Å². The molecule has 2 aromatic carbocycles. The van der Waals surface area contributed by atoms with E-state index in [4.69, 9.17) is 23.2 Å². The quantitative estimate of drug-likeness (QED) is 0.706. The Bertz CT molecular complexity index is 708. The molecule has 1 heterocycles. The fraction of sp³-hybridized carbons (Fsp3) is 0. The Labute approximate surface area is 120 Å². The van der Waals surface area contributed by atoms with Gasteiger partial charge in [0.15, 0.2) is 5.82 Å². The number of rotatable bonds is 2. The summed E-state index contributed by atoms with van der Waals surface area (Å²) < 4.78 is 1.70. The van der Waals surface area contributed by atoms with E-state index in [1.807, 2.05) is 36.4 Å². The third-order valence-corrected chi connectivity index (χ3v) is 3.26. The predicted molar refractivity (Wildman–Crippen MR) is 76.8 cm³/mol. The minimum Gasteiger partial charge on any atom is -0.215 e. The van der Waals surface area contributed by atoms with E-state index in [-0.39, 0.29) is 0 Å². The lowest BCUT2D eigenvalue weighted by atomic mass is 10.2. The van der Waals surface area contributed by atoms with Gasteiger partial charge in [-0.05, 0) is 18.2 Å². The van der Waals surface area contributed by atoms with Crippen molar-refractivity contribution in [2.75, 3.05) is 0 Å². The molecule has 0 amide bonds. The highest BCUT2D eigenvalue weighted by atomic mass is 35.5. The zero-order valence-corrected chi connectivity index (χ0v) is 11.3. The molecule has 0 N–H and O–H groups in total. The van der Waals surface area contributed by atoms with Crippen LogP contribution < -0.4 is 0 Å². The molecule has 19 heavy (non-hydrogen) atoms. The first-order valence-electron chi connectivity index (χ1n) is 5.66. The molecular weight excluding hydrogens is 281 g/mol. The number of benzene rings is 2. The van der Waals surface area contributed by atoms with Gasteiger partial charge in [0.25, 0.3) is 0 Å². The number of hydrogen-bond donors (Lipinski definition) is 0. The van der Waals surface area contributed by atoms with E-state index >= 15 is 0 Å². The third kappa shape index (κ3) is 2.35. The second-order valence-electron chi connectivity index (χ2n) is 3.96. The van der Waals surface area contributed by atoms with Crippen LogP contribution in [0, 0.1) is 0 Å². The average molecular weight is 290 g/mol. The first-order valence-corrected chi connectivity index (χ1v) is 6.42. The van der Waals surface area contributed by atoms with Crippen molar-refractivity contribution in [3.8, 4) is 17.1 Å². The van der Waals surface area contributed by atoms with Crippen molar-refractivity contribution in [1.82, 2.24) is 14.8 Å². The molecule has 0 atom stereocenters. The lowest BCUT2D eigenvalue weighted by Crippen LogP contribution is -2.00. The minimum atomic E-state index is 0.537. The van der Waals surface area contributed by atoms with Crippen LogP contribution in [0.25, 0.3) is 17.1 Å². The number of hydrogen-bond acceptors (Lipinski definition) is 2. The monoisotopic (exact) mass is 289 g/mol. The van der Waals surface area contributed by atoms with Gasteiger partial charge in [0.2, 0.25) is 0 Å². The van der Waals surface area contributed by atoms with E-state index in [9.17, 15) is 0 Å².